The van der Waals surface area contributed by atoms with Crippen LogP contribution < -0.4 is 15.5 Å². The summed E-state index contributed by atoms with van der Waals surface area (Å²) < 4.78 is 2.10. The molecule has 4 aliphatic rings. The number of pyridine rings is 1. The molecule has 3 aromatic heterocycles. The lowest BCUT2D eigenvalue weighted by Gasteiger charge is -2.37. The third kappa shape index (κ3) is 6.50. The van der Waals surface area contributed by atoms with Crippen LogP contribution in [0.5, 0.6) is 0 Å². The summed E-state index contributed by atoms with van der Waals surface area (Å²) >= 11 is 0. The molecule has 1 aliphatic carbocycles. The van der Waals surface area contributed by atoms with Gasteiger partial charge in [-0.15, -0.1) is 0 Å². The predicted octanol–water partition coefficient (Wildman–Crippen LogP) is 3.94. The van der Waals surface area contributed by atoms with Crippen molar-refractivity contribution in [1.82, 2.24) is 44.7 Å². The highest BCUT2D eigenvalue weighted by molar-refractivity contribution is 6.22. The Morgan fingerprint density at radius 2 is 1.65 bits per heavy atom. The molecule has 280 valence electrons. The largest absolute Gasteiger partial charge is 0.370 e. The monoisotopic (exact) mass is 733 g/mol. The summed E-state index contributed by atoms with van der Waals surface area (Å²) in [6, 6.07) is 10.9. The topological polar surface area (TPSA) is 169 Å². The summed E-state index contributed by atoms with van der Waals surface area (Å²) in [5, 5.41) is 8.09. The number of imide groups is 2. The molecule has 16 nitrogen and oxygen atoms in total. The van der Waals surface area contributed by atoms with Gasteiger partial charge in [-0.2, -0.15) is 9.99 Å². The number of rotatable bonds is 9. The molecule has 6 amide bonds. The number of carbonyl (C=O) groups excluding carboxylic acids is 5. The van der Waals surface area contributed by atoms with Crippen LogP contribution in [0.4, 0.5) is 22.2 Å². The standard InChI is InChI=1S/C38H43N11O5/c1-44(2)36(53)30-19-24-20-40-37(43-33(24)48(30)26-6-4-5-7-26)41-31-11-9-27(21-39-31)46-15-12-25(13-16-46)45(3)22-23-8-10-28-29(18-23)35(52)49(34(28)51)47-17-14-32(50)42-38(47)54/h8-11,18-21,25-26H,4-7,12-17,22H2,1-3H3,(H,42,50,54)(H,39,40,41,43). The number of aromatic nitrogens is 4. The van der Waals surface area contributed by atoms with Crippen molar-refractivity contribution in [3.8, 4) is 0 Å². The van der Waals surface area contributed by atoms with Crippen LogP contribution in [0.3, 0.4) is 0 Å². The zero-order valence-corrected chi connectivity index (χ0v) is 30.6. The van der Waals surface area contributed by atoms with Gasteiger partial charge in [-0.05, 0) is 68.6 Å². The number of nitrogens with one attached hydrogen (secondary N) is 2. The fourth-order valence-electron chi connectivity index (χ4n) is 8.08. The first-order valence-electron chi connectivity index (χ1n) is 18.5. The summed E-state index contributed by atoms with van der Waals surface area (Å²) in [6.45, 7) is 2.25. The maximum atomic E-state index is 13.3. The second-order valence-corrected chi connectivity index (χ2v) is 14.7. The van der Waals surface area contributed by atoms with Crippen molar-refractivity contribution >= 4 is 58.1 Å². The lowest BCUT2D eigenvalue weighted by molar-refractivity contribution is -0.122. The van der Waals surface area contributed by atoms with Crippen LogP contribution in [0.15, 0.2) is 48.8 Å². The number of benzene rings is 1. The molecular formula is C38H43N11O5. The first kappa shape index (κ1) is 35.1. The zero-order valence-electron chi connectivity index (χ0n) is 30.6. The lowest BCUT2D eigenvalue weighted by atomic mass is 10.0. The second kappa shape index (κ2) is 14.2. The van der Waals surface area contributed by atoms with Crippen LogP contribution in [0, 0.1) is 0 Å². The van der Waals surface area contributed by atoms with Crippen molar-refractivity contribution in [2.45, 2.75) is 63.6 Å². The molecule has 2 N–H and O–H groups in total. The molecule has 3 fully saturated rings. The smallest absolute Gasteiger partial charge is 0.343 e. The van der Waals surface area contributed by atoms with E-state index in [-0.39, 0.29) is 36.0 Å². The minimum atomic E-state index is -0.779. The quantitative estimate of drug-likeness (QED) is 0.239. The SMILES string of the molecule is CN(C)C(=O)c1cc2cnc(Nc3ccc(N4CCC(N(C)Cc5ccc6c(c5)C(=O)N(N5CCC(=O)NC5=O)C6=O)CC4)cn3)nc2n1C1CCCC1. The fourth-order valence-corrected chi connectivity index (χ4v) is 8.08. The Labute approximate surface area is 312 Å². The van der Waals surface area contributed by atoms with Gasteiger partial charge >= 0.3 is 6.03 Å². The Hall–Kier alpha value is -5.90. The minimum Gasteiger partial charge on any atom is -0.370 e. The molecular weight excluding hydrogens is 690 g/mol. The van der Waals surface area contributed by atoms with Gasteiger partial charge < -0.3 is 19.7 Å². The fraction of sp³-hybridized carbons (Fsp3) is 0.421. The molecule has 0 atom stereocenters. The number of anilines is 3. The van der Waals surface area contributed by atoms with E-state index in [1.165, 1.54) is 0 Å². The van der Waals surface area contributed by atoms with Gasteiger partial charge in [0.2, 0.25) is 11.9 Å². The van der Waals surface area contributed by atoms with E-state index < -0.39 is 23.8 Å². The van der Waals surface area contributed by atoms with E-state index in [9.17, 15) is 24.0 Å². The van der Waals surface area contributed by atoms with Gasteiger partial charge in [-0.3, -0.25) is 29.4 Å². The van der Waals surface area contributed by atoms with E-state index in [1.54, 1.807) is 37.3 Å². The Morgan fingerprint density at radius 3 is 2.35 bits per heavy atom. The summed E-state index contributed by atoms with van der Waals surface area (Å²) in [5.74, 6) is -0.564. The first-order valence-corrected chi connectivity index (χ1v) is 18.5. The van der Waals surface area contributed by atoms with Crippen LogP contribution in [0.2, 0.25) is 0 Å². The van der Waals surface area contributed by atoms with Crippen LogP contribution in [-0.4, -0.2) is 116 Å². The maximum absolute atomic E-state index is 13.3. The molecule has 3 aliphatic heterocycles. The zero-order chi connectivity index (χ0) is 37.7. The van der Waals surface area contributed by atoms with E-state index >= 15 is 0 Å². The van der Waals surface area contributed by atoms with Crippen LogP contribution in [-0.2, 0) is 11.3 Å². The maximum Gasteiger partial charge on any atom is 0.343 e. The highest BCUT2D eigenvalue weighted by Gasteiger charge is 2.43. The summed E-state index contributed by atoms with van der Waals surface area (Å²) in [7, 11) is 5.60. The Kier molecular flexibility index (Phi) is 9.21. The van der Waals surface area contributed by atoms with Gasteiger partial charge in [-0.25, -0.2) is 19.8 Å². The third-order valence-electron chi connectivity index (χ3n) is 11.0. The Bertz CT molecular complexity index is 2150. The molecule has 16 heteroatoms. The molecule has 1 aromatic carbocycles. The Morgan fingerprint density at radius 1 is 0.889 bits per heavy atom. The van der Waals surface area contributed by atoms with Crippen molar-refractivity contribution in [1.29, 1.82) is 0 Å². The van der Waals surface area contributed by atoms with Crippen molar-refractivity contribution in [3.63, 3.8) is 0 Å². The van der Waals surface area contributed by atoms with E-state index in [0.717, 1.165) is 83.9 Å². The van der Waals surface area contributed by atoms with E-state index in [4.69, 9.17) is 4.98 Å². The summed E-state index contributed by atoms with van der Waals surface area (Å²) in [5.41, 5.74) is 3.81. The predicted molar refractivity (Wildman–Crippen MR) is 199 cm³/mol. The number of hydrogen-bond donors (Lipinski definition) is 2. The first-order chi connectivity index (χ1) is 26.0. The molecule has 6 heterocycles. The van der Waals surface area contributed by atoms with Crippen molar-refractivity contribution < 1.29 is 24.0 Å². The van der Waals surface area contributed by atoms with Gasteiger partial charge in [0.15, 0.2) is 0 Å². The molecule has 8 rings (SSSR count). The number of hydrogen-bond acceptors (Lipinski definition) is 11. The number of piperidine rings is 1. The normalized spacial score (nSPS) is 18.3. The van der Waals surface area contributed by atoms with Gasteiger partial charge in [0, 0.05) is 63.8 Å². The van der Waals surface area contributed by atoms with Crippen LogP contribution in [0.25, 0.3) is 11.0 Å². The molecule has 54 heavy (non-hydrogen) atoms. The van der Waals surface area contributed by atoms with Crippen molar-refractivity contribution in [2.24, 2.45) is 0 Å². The van der Waals surface area contributed by atoms with Crippen molar-refractivity contribution in [2.75, 3.05) is 51.0 Å². The van der Waals surface area contributed by atoms with E-state index in [0.29, 0.717) is 30.0 Å². The minimum absolute atomic E-state index is 0.0135. The average Bonchev–Trinajstić information content (AvgIpc) is 3.89. The van der Waals surface area contributed by atoms with Gasteiger partial charge in [-0.1, -0.05) is 18.9 Å². The highest BCUT2D eigenvalue weighted by atomic mass is 16.2. The van der Waals surface area contributed by atoms with Gasteiger partial charge in [0.25, 0.3) is 17.7 Å². The number of amides is 6. The number of hydrazine groups is 1. The number of urea groups is 1. The molecule has 2 saturated heterocycles. The second-order valence-electron chi connectivity index (χ2n) is 14.7. The number of carbonyl (C=O) groups is 5. The summed E-state index contributed by atoms with van der Waals surface area (Å²) in [6.07, 6.45) is 9.82. The highest BCUT2D eigenvalue weighted by Crippen LogP contribution is 2.35. The average molecular weight is 734 g/mol. The summed E-state index contributed by atoms with van der Waals surface area (Å²) in [4.78, 5) is 83.5. The van der Waals surface area contributed by atoms with E-state index in [1.807, 2.05) is 30.5 Å². The van der Waals surface area contributed by atoms with E-state index in [2.05, 4.69) is 42.0 Å². The van der Waals surface area contributed by atoms with Crippen LogP contribution in [0.1, 0.15) is 87.8 Å². The molecule has 0 bridgehead atoms. The van der Waals surface area contributed by atoms with Crippen molar-refractivity contribution in [3.05, 3.63) is 71.2 Å². The van der Waals surface area contributed by atoms with Gasteiger partial charge in [0.05, 0.1) is 29.6 Å². The number of nitrogens with zero attached hydrogens (tertiary/aromatic N) is 9. The van der Waals surface area contributed by atoms with Crippen LogP contribution >= 0.6 is 0 Å². The molecule has 0 spiro atoms. The number of fused-ring (bicyclic) bond motifs is 2. The molecule has 0 radical (unpaired) electrons. The van der Waals surface area contributed by atoms with Gasteiger partial charge in [0.1, 0.15) is 17.2 Å². The Balaban J connectivity index is 0.877. The molecule has 1 saturated carbocycles. The molecule has 0 unspecified atom stereocenters. The molecule has 4 aromatic rings. The lowest BCUT2D eigenvalue weighted by Crippen LogP contribution is -2.58. The third-order valence-corrected chi connectivity index (χ3v) is 11.0.